The van der Waals surface area contributed by atoms with Gasteiger partial charge in [-0.2, -0.15) is 0 Å². The van der Waals surface area contributed by atoms with Gasteiger partial charge in [0.15, 0.2) is 0 Å². The first kappa shape index (κ1) is 9.39. The van der Waals surface area contributed by atoms with Gasteiger partial charge in [0.2, 0.25) is 0 Å². The highest BCUT2D eigenvalue weighted by atomic mass is 16.6. The highest BCUT2D eigenvalue weighted by Gasteiger charge is 2.14. The minimum Gasteiger partial charge on any atom is -0.462 e. The highest BCUT2D eigenvalue weighted by Crippen LogP contribution is 1.89. The molecule has 0 aromatic heterocycles. The predicted molar refractivity (Wildman–Crippen MR) is 34.3 cm³/mol. The second-order valence-corrected chi connectivity index (χ2v) is 1.56. The Morgan fingerprint density at radius 3 is 2.50 bits per heavy atom. The van der Waals surface area contributed by atoms with E-state index in [1.54, 1.807) is 13.8 Å². The average Bonchev–Trinajstić information content (AvgIpc) is 1.89. The van der Waals surface area contributed by atoms with E-state index in [2.05, 4.69) is 9.47 Å². The van der Waals surface area contributed by atoms with Crippen LogP contribution in [0.3, 0.4) is 0 Å². The van der Waals surface area contributed by atoms with E-state index in [4.69, 9.17) is 5.11 Å². The number of ether oxygens (including phenoxy) is 2. The van der Waals surface area contributed by atoms with Crippen LogP contribution in [0.4, 0.5) is 0 Å². The zero-order valence-corrected chi connectivity index (χ0v) is 6.16. The fraction of sp³-hybridized carbons (Fsp3) is 0.833. The largest absolute Gasteiger partial charge is 0.462 e. The number of hydrogen-bond acceptors (Lipinski definition) is 4. The van der Waals surface area contributed by atoms with Crippen molar-refractivity contribution in [3.8, 4) is 0 Å². The summed E-state index contributed by atoms with van der Waals surface area (Å²) in [7, 11) is 0. The number of esters is 1. The summed E-state index contributed by atoms with van der Waals surface area (Å²) >= 11 is 0. The first-order valence-electron chi connectivity index (χ1n) is 3.18. The second kappa shape index (κ2) is 5.20. The summed E-state index contributed by atoms with van der Waals surface area (Å²) in [6.07, 6.45) is -1.43. The molecule has 0 aliphatic heterocycles. The topological polar surface area (TPSA) is 55.8 Å². The lowest BCUT2D eigenvalue weighted by atomic mass is 10.6. The first-order valence-corrected chi connectivity index (χ1v) is 3.18. The maximum absolute atomic E-state index is 10.5. The molecule has 1 N–H and O–H groups in total. The van der Waals surface area contributed by atoms with Gasteiger partial charge in [-0.25, -0.2) is 4.79 Å². The molecule has 0 rings (SSSR count). The van der Waals surface area contributed by atoms with Gasteiger partial charge in [-0.3, -0.25) is 0 Å². The van der Waals surface area contributed by atoms with E-state index < -0.39 is 12.3 Å². The zero-order valence-electron chi connectivity index (χ0n) is 6.16. The third kappa shape index (κ3) is 3.42. The van der Waals surface area contributed by atoms with Gasteiger partial charge in [-0.15, -0.1) is 0 Å². The van der Waals surface area contributed by atoms with E-state index >= 15 is 0 Å². The van der Waals surface area contributed by atoms with E-state index in [1.165, 1.54) is 0 Å². The molecule has 0 unspecified atom stereocenters. The van der Waals surface area contributed by atoms with Gasteiger partial charge in [-0.1, -0.05) is 0 Å². The molecule has 4 nitrogen and oxygen atoms in total. The Kier molecular flexibility index (Phi) is 4.88. The predicted octanol–water partition coefficient (Wildman–Crippen LogP) is -0.0956. The molecule has 0 aromatic carbocycles. The Morgan fingerprint density at radius 2 is 2.10 bits per heavy atom. The summed E-state index contributed by atoms with van der Waals surface area (Å²) in [5, 5.41) is 8.75. The molecule has 0 spiro atoms. The van der Waals surface area contributed by atoms with Crippen LogP contribution in [0, 0.1) is 0 Å². The maximum atomic E-state index is 10.5. The van der Waals surface area contributed by atoms with Gasteiger partial charge < -0.3 is 14.6 Å². The van der Waals surface area contributed by atoms with Crippen molar-refractivity contribution in [1.29, 1.82) is 0 Å². The van der Waals surface area contributed by atoms with Crippen molar-refractivity contribution >= 4 is 5.97 Å². The van der Waals surface area contributed by atoms with Crippen LogP contribution in [0.2, 0.25) is 0 Å². The van der Waals surface area contributed by atoms with E-state index in [9.17, 15) is 4.79 Å². The molecule has 60 valence electrons. The van der Waals surface area contributed by atoms with Crippen LogP contribution in [0.1, 0.15) is 13.8 Å². The van der Waals surface area contributed by atoms with Gasteiger partial charge in [0.1, 0.15) is 0 Å². The molecule has 0 aliphatic carbocycles. The van der Waals surface area contributed by atoms with E-state index in [-0.39, 0.29) is 6.61 Å². The smallest absolute Gasteiger partial charge is 0.363 e. The summed E-state index contributed by atoms with van der Waals surface area (Å²) in [6, 6.07) is 0. The normalized spacial score (nSPS) is 12.7. The molecule has 0 amide bonds. The fourth-order valence-electron chi connectivity index (χ4n) is 0.439. The lowest BCUT2D eigenvalue weighted by Gasteiger charge is -2.07. The number of aliphatic hydroxyl groups excluding tert-OH is 1. The van der Waals surface area contributed by atoms with Crippen molar-refractivity contribution in [2.75, 3.05) is 13.2 Å². The molecule has 0 aliphatic rings. The SMILES string of the molecule is CCOC(=O)[C@@H](O)OCC. The van der Waals surface area contributed by atoms with Crippen molar-refractivity contribution in [2.45, 2.75) is 20.1 Å². The number of aliphatic hydroxyl groups is 1. The van der Waals surface area contributed by atoms with Crippen LogP contribution in [-0.2, 0) is 14.3 Å². The van der Waals surface area contributed by atoms with Crippen molar-refractivity contribution in [3.05, 3.63) is 0 Å². The molecule has 1 atom stereocenters. The standard InChI is InChI=1S/C6H12O4/c1-3-9-5(7)6(8)10-4-2/h5,7H,3-4H2,1-2H3/t5-/m0/s1. The molecular weight excluding hydrogens is 136 g/mol. The van der Waals surface area contributed by atoms with Crippen molar-refractivity contribution < 1.29 is 19.4 Å². The van der Waals surface area contributed by atoms with Crippen LogP contribution in [0.25, 0.3) is 0 Å². The molecule has 0 aromatic rings. The number of carbonyl (C=O) groups excluding carboxylic acids is 1. The Labute approximate surface area is 59.7 Å². The fourth-order valence-corrected chi connectivity index (χ4v) is 0.439. The van der Waals surface area contributed by atoms with Crippen LogP contribution in [0.15, 0.2) is 0 Å². The van der Waals surface area contributed by atoms with Gasteiger partial charge in [0.05, 0.1) is 6.61 Å². The zero-order chi connectivity index (χ0) is 7.98. The summed E-state index contributed by atoms with van der Waals surface area (Å²) in [5.41, 5.74) is 0. The van der Waals surface area contributed by atoms with Crippen LogP contribution in [0.5, 0.6) is 0 Å². The van der Waals surface area contributed by atoms with E-state index in [1.807, 2.05) is 0 Å². The van der Waals surface area contributed by atoms with Crippen molar-refractivity contribution in [3.63, 3.8) is 0 Å². The molecule has 0 saturated heterocycles. The Morgan fingerprint density at radius 1 is 1.50 bits per heavy atom. The molecule has 10 heavy (non-hydrogen) atoms. The van der Waals surface area contributed by atoms with E-state index in [0.717, 1.165) is 0 Å². The molecule has 4 heteroatoms. The minimum absolute atomic E-state index is 0.253. The monoisotopic (exact) mass is 148 g/mol. The number of hydrogen-bond donors (Lipinski definition) is 1. The maximum Gasteiger partial charge on any atom is 0.363 e. The lowest BCUT2D eigenvalue weighted by Crippen LogP contribution is -2.25. The van der Waals surface area contributed by atoms with Crippen LogP contribution in [-0.4, -0.2) is 30.6 Å². The second-order valence-electron chi connectivity index (χ2n) is 1.56. The summed E-state index contributed by atoms with van der Waals surface area (Å²) in [6.45, 7) is 3.89. The molecular formula is C6H12O4. The summed E-state index contributed by atoms with van der Waals surface area (Å²) in [4.78, 5) is 10.5. The number of rotatable bonds is 4. The highest BCUT2D eigenvalue weighted by molar-refractivity contribution is 5.72. The van der Waals surface area contributed by atoms with Gasteiger partial charge in [-0.05, 0) is 13.8 Å². The number of carbonyl (C=O) groups is 1. The quantitative estimate of drug-likeness (QED) is 0.447. The van der Waals surface area contributed by atoms with Crippen LogP contribution < -0.4 is 0 Å². The van der Waals surface area contributed by atoms with E-state index in [0.29, 0.717) is 6.61 Å². The third-order valence-electron chi connectivity index (χ3n) is 0.813. The van der Waals surface area contributed by atoms with Gasteiger partial charge in [0, 0.05) is 6.61 Å². The first-order chi connectivity index (χ1) is 4.72. The molecule has 0 radical (unpaired) electrons. The Bertz CT molecular complexity index is 102. The van der Waals surface area contributed by atoms with Gasteiger partial charge >= 0.3 is 5.97 Å². The summed E-state index contributed by atoms with van der Waals surface area (Å²) < 4.78 is 8.98. The van der Waals surface area contributed by atoms with Crippen LogP contribution >= 0.6 is 0 Å². The Hall–Kier alpha value is -0.610. The molecule has 0 heterocycles. The minimum atomic E-state index is -1.43. The molecule has 0 bridgehead atoms. The summed E-state index contributed by atoms with van der Waals surface area (Å²) in [5.74, 6) is -0.732. The molecule has 0 saturated carbocycles. The third-order valence-corrected chi connectivity index (χ3v) is 0.813. The van der Waals surface area contributed by atoms with Crippen molar-refractivity contribution in [2.24, 2.45) is 0 Å². The Balaban J connectivity index is 3.49. The molecule has 0 fully saturated rings. The average molecular weight is 148 g/mol. The lowest BCUT2D eigenvalue weighted by molar-refractivity contribution is -0.181. The van der Waals surface area contributed by atoms with Gasteiger partial charge in [0.25, 0.3) is 6.29 Å². The van der Waals surface area contributed by atoms with Crippen molar-refractivity contribution in [1.82, 2.24) is 0 Å².